The number of carbonyl (C=O) groups is 1. The maximum atomic E-state index is 13.2. The van der Waals surface area contributed by atoms with Crippen molar-refractivity contribution >= 4 is 21.6 Å². The predicted octanol–water partition coefficient (Wildman–Crippen LogP) is 2.20. The van der Waals surface area contributed by atoms with Crippen LogP contribution in [0.4, 0.5) is 5.69 Å². The molecule has 0 fully saturated rings. The Balaban J connectivity index is 1.96. The quantitative estimate of drug-likeness (QED) is 0.568. The van der Waals surface area contributed by atoms with Crippen LogP contribution in [0, 0.1) is 10.1 Å². The van der Waals surface area contributed by atoms with E-state index in [2.05, 4.69) is 5.32 Å². The summed E-state index contributed by atoms with van der Waals surface area (Å²) in [5, 5.41) is 13.5. The normalized spacial score (nSPS) is 16.8. The summed E-state index contributed by atoms with van der Waals surface area (Å²) in [7, 11) is -2.57. The van der Waals surface area contributed by atoms with Crippen molar-refractivity contribution in [3.8, 4) is 5.75 Å². The number of allylic oxidation sites excluding steroid dienone is 1. The van der Waals surface area contributed by atoms with Crippen LogP contribution in [0.15, 0.2) is 65.3 Å². The number of carbonyl (C=O) groups excluding carboxylic acids is 1. The highest BCUT2D eigenvalue weighted by molar-refractivity contribution is 7.89. The molecular formula is C19H19N3O6S. The van der Waals surface area contributed by atoms with Gasteiger partial charge in [-0.15, -0.1) is 0 Å². The van der Waals surface area contributed by atoms with Gasteiger partial charge in [0.05, 0.1) is 16.9 Å². The molecule has 0 radical (unpaired) electrons. The molecule has 2 aromatic carbocycles. The van der Waals surface area contributed by atoms with Gasteiger partial charge in [0.25, 0.3) is 15.7 Å². The second-order valence-electron chi connectivity index (χ2n) is 6.46. The maximum absolute atomic E-state index is 13.2. The lowest BCUT2D eigenvalue weighted by Crippen LogP contribution is -2.51. The third kappa shape index (κ3) is 4.21. The predicted molar refractivity (Wildman–Crippen MR) is 105 cm³/mol. The molecule has 0 aromatic heterocycles. The van der Waals surface area contributed by atoms with Crippen molar-refractivity contribution in [1.29, 1.82) is 0 Å². The van der Waals surface area contributed by atoms with E-state index in [1.54, 1.807) is 31.2 Å². The first-order valence-electron chi connectivity index (χ1n) is 8.62. The van der Waals surface area contributed by atoms with Crippen LogP contribution in [0.1, 0.15) is 12.5 Å². The van der Waals surface area contributed by atoms with Gasteiger partial charge >= 0.3 is 0 Å². The highest BCUT2D eigenvalue weighted by Crippen LogP contribution is 2.26. The molecule has 152 valence electrons. The Morgan fingerprint density at radius 2 is 1.76 bits per heavy atom. The molecule has 10 heteroatoms. The minimum absolute atomic E-state index is 0.137. The highest BCUT2D eigenvalue weighted by Gasteiger charge is 2.37. The van der Waals surface area contributed by atoms with E-state index in [9.17, 15) is 23.3 Å². The Kier molecular flexibility index (Phi) is 5.55. The van der Waals surface area contributed by atoms with Crippen LogP contribution in [0.5, 0.6) is 5.75 Å². The third-order valence-electron chi connectivity index (χ3n) is 4.46. The number of hydrogen-bond acceptors (Lipinski definition) is 6. The minimum Gasteiger partial charge on any atom is -0.497 e. The molecule has 3 rings (SSSR count). The molecule has 0 spiro atoms. The van der Waals surface area contributed by atoms with E-state index in [-0.39, 0.29) is 17.0 Å². The lowest BCUT2D eigenvalue weighted by atomic mass is 10.0. The Hall–Kier alpha value is -3.40. The van der Waals surface area contributed by atoms with Gasteiger partial charge in [0, 0.05) is 30.5 Å². The molecule has 1 amide bonds. The summed E-state index contributed by atoms with van der Waals surface area (Å²) in [5.41, 5.74) is 0.913. The zero-order valence-corrected chi connectivity index (χ0v) is 16.5. The number of sulfonamides is 1. The molecule has 2 aromatic rings. The number of ether oxygens (including phenoxy) is 1. The molecule has 29 heavy (non-hydrogen) atoms. The molecule has 1 atom stereocenters. The fraction of sp³-hybridized carbons (Fsp3) is 0.211. The maximum Gasteiger partial charge on any atom is 0.269 e. The summed E-state index contributed by atoms with van der Waals surface area (Å²) < 4.78 is 32.5. The van der Waals surface area contributed by atoms with Crippen LogP contribution in [-0.4, -0.2) is 36.7 Å². The number of benzene rings is 2. The van der Waals surface area contributed by atoms with Crippen LogP contribution in [0.2, 0.25) is 0 Å². The average molecular weight is 417 g/mol. The second kappa shape index (κ2) is 7.92. The molecule has 0 unspecified atom stereocenters. The van der Waals surface area contributed by atoms with Crippen molar-refractivity contribution in [3.63, 3.8) is 0 Å². The zero-order valence-electron chi connectivity index (χ0n) is 15.7. The fourth-order valence-electron chi connectivity index (χ4n) is 2.97. The molecule has 1 aliphatic rings. The van der Waals surface area contributed by atoms with Crippen LogP contribution < -0.4 is 10.1 Å². The standard InChI is InChI=1S/C19H19N3O6S/c1-13-12-21(29(26,27)17-9-5-15(6-10-17)22(24)25)18(19(23)20-13)11-14-3-7-16(28-2)8-4-14/h3-10,12,18H,11H2,1-2H3,(H,20,23)/t18-/m0/s1. The number of hydrogen-bond donors (Lipinski definition) is 1. The first kappa shape index (κ1) is 20.3. The molecule has 0 saturated carbocycles. The largest absolute Gasteiger partial charge is 0.497 e. The number of nitrogens with one attached hydrogen (secondary N) is 1. The van der Waals surface area contributed by atoms with Crippen molar-refractivity contribution < 1.29 is 22.9 Å². The smallest absolute Gasteiger partial charge is 0.269 e. The van der Waals surface area contributed by atoms with Gasteiger partial charge in [-0.05, 0) is 36.8 Å². The van der Waals surface area contributed by atoms with E-state index in [4.69, 9.17) is 4.74 Å². The van der Waals surface area contributed by atoms with Crippen LogP contribution in [0.3, 0.4) is 0 Å². The zero-order chi connectivity index (χ0) is 21.2. The van der Waals surface area contributed by atoms with E-state index >= 15 is 0 Å². The highest BCUT2D eigenvalue weighted by atomic mass is 32.2. The Labute approximate surface area is 167 Å². The van der Waals surface area contributed by atoms with Crippen molar-refractivity contribution in [2.24, 2.45) is 0 Å². The van der Waals surface area contributed by atoms with Gasteiger partial charge in [-0.2, -0.15) is 0 Å². The monoisotopic (exact) mass is 417 g/mol. The van der Waals surface area contributed by atoms with Gasteiger partial charge in [0.1, 0.15) is 11.8 Å². The summed E-state index contributed by atoms with van der Waals surface area (Å²) in [6.07, 6.45) is 1.50. The van der Waals surface area contributed by atoms with Crippen molar-refractivity contribution in [2.75, 3.05) is 7.11 Å². The molecule has 0 aliphatic carbocycles. The Morgan fingerprint density at radius 1 is 1.14 bits per heavy atom. The van der Waals surface area contributed by atoms with Gasteiger partial charge in [-0.1, -0.05) is 12.1 Å². The van der Waals surface area contributed by atoms with E-state index < -0.39 is 26.9 Å². The number of methoxy groups -OCH3 is 1. The molecule has 0 saturated heterocycles. The number of nitro benzene ring substituents is 1. The summed E-state index contributed by atoms with van der Waals surface area (Å²) in [6.45, 7) is 1.58. The van der Waals surface area contributed by atoms with Gasteiger partial charge in [0.2, 0.25) is 5.91 Å². The summed E-state index contributed by atoms with van der Waals surface area (Å²) >= 11 is 0. The third-order valence-corrected chi connectivity index (χ3v) is 6.24. The molecule has 1 N–H and O–H groups in total. The lowest BCUT2D eigenvalue weighted by Gasteiger charge is -2.33. The molecule has 1 aliphatic heterocycles. The number of non-ortho nitro benzene ring substituents is 1. The summed E-state index contributed by atoms with van der Waals surface area (Å²) in [5.74, 6) is 0.194. The van der Waals surface area contributed by atoms with Crippen LogP contribution in [-0.2, 0) is 21.2 Å². The van der Waals surface area contributed by atoms with Crippen molar-refractivity contribution in [2.45, 2.75) is 24.3 Å². The summed E-state index contributed by atoms with van der Waals surface area (Å²) in [6, 6.07) is 10.5. The van der Waals surface area contributed by atoms with Gasteiger partial charge in [-0.3, -0.25) is 19.2 Å². The SMILES string of the molecule is COc1ccc(C[C@H]2C(=O)NC(C)=CN2S(=O)(=O)c2ccc([N+](=O)[O-])cc2)cc1. The Bertz CT molecular complexity index is 1060. The first-order chi connectivity index (χ1) is 13.7. The topological polar surface area (TPSA) is 119 Å². The second-order valence-corrected chi connectivity index (χ2v) is 8.30. The number of rotatable bonds is 6. The Morgan fingerprint density at radius 3 is 2.31 bits per heavy atom. The van der Waals surface area contributed by atoms with Crippen molar-refractivity contribution in [3.05, 3.63) is 76.1 Å². The van der Waals surface area contributed by atoms with Gasteiger partial charge in [-0.25, -0.2) is 8.42 Å². The van der Waals surface area contributed by atoms with Gasteiger partial charge in [0.15, 0.2) is 0 Å². The minimum atomic E-state index is -4.10. The van der Waals surface area contributed by atoms with E-state index in [1.165, 1.54) is 13.3 Å². The number of amides is 1. The average Bonchev–Trinajstić information content (AvgIpc) is 2.70. The molecule has 9 nitrogen and oxygen atoms in total. The van der Waals surface area contributed by atoms with Crippen LogP contribution in [0.25, 0.3) is 0 Å². The molecular weight excluding hydrogens is 398 g/mol. The van der Waals surface area contributed by atoms with E-state index in [1.807, 2.05) is 0 Å². The number of nitro groups is 1. The number of nitrogens with zero attached hydrogens (tertiary/aromatic N) is 2. The fourth-order valence-corrected chi connectivity index (χ4v) is 4.50. The summed E-state index contributed by atoms with van der Waals surface area (Å²) in [4.78, 5) is 22.7. The first-order valence-corrected chi connectivity index (χ1v) is 10.1. The van der Waals surface area contributed by atoms with Gasteiger partial charge < -0.3 is 10.1 Å². The molecule has 0 bridgehead atoms. The lowest BCUT2D eigenvalue weighted by molar-refractivity contribution is -0.384. The van der Waals surface area contributed by atoms with E-state index in [0.717, 1.165) is 34.1 Å². The van der Waals surface area contributed by atoms with Crippen molar-refractivity contribution in [1.82, 2.24) is 9.62 Å². The van der Waals surface area contributed by atoms with Crippen LogP contribution >= 0.6 is 0 Å². The molecule has 1 heterocycles. The van der Waals surface area contributed by atoms with E-state index in [0.29, 0.717) is 11.4 Å².